The summed E-state index contributed by atoms with van der Waals surface area (Å²) in [6.07, 6.45) is -0.379. The first kappa shape index (κ1) is 14.8. The first-order valence-corrected chi connectivity index (χ1v) is 7.58. The van der Waals surface area contributed by atoms with Crippen LogP contribution >= 0.6 is 0 Å². The Kier molecular flexibility index (Phi) is 3.75. The molecule has 22 heavy (non-hydrogen) atoms. The van der Waals surface area contributed by atoms with Gasteiger partial charge in [0.2, 0.25) is 0 Å². The van der Waals surface area contributed by atoms with Crippen LogP contribution in [0.25, 0.3) is 0 Å². The first-order valence-electron chi connectivity index (χ1n) is 7.58. The zero-order valence-corrected chi connectivity index (χ0v) is 13.2. The SMILES string of the molecule is CC(C)(C)[C@H]1O[C@H]1C(=O)N(c1ccccc1)c1ccccc1. The van der Waals surface area contributed by atoms with Crippen LogP contribution in [0, 0.1) is 5.41 Å². The average molecular weight is 295 g/mol. The summed E-state index contributed by atoms with van der Waals surface area (Å²) >= 11 is 0. The van der Waals surface area contributed by atoms with Crippen molar-refractivity contribution in [3.05, 3.63) is 60.7 Å². The number of nitrogens with zero attached hydrogens (tertiary/aromatic N) is 1. The fraction of sp³-hybridized carbons (Fsp3) is 0.316. The Labute approximate surface area is 131 Å². The standard InChI is InChI=1S/C19H21NO2/c1-19(2,3)17-16(22-17)18(21)20(14-10-6-4-7-11-14)15-12-8-5-9-13-15/h4-13,16-17H,1-3H3/t16-,17+/m1/s1. The summed E-state index contributed by atoms with van der Waals surface area (Å²) in [5.74, 6) is -0.00248. The quantitative estimate of drug-likeness (QED) is 0.796. The van der Waals surface area contributed by atoms with Crippen LogP contribution in [0.1, 0.15) is 20.8 Å². The molecular formula is C19H21NO2. The summed E-state index contributed by atoms with van der Waals surface area (Å²) in [5, 5.41) is 0. The molecule has 1 saturated heterocycles. The van der Waals surface area contributed by atoms with Crippen LogP contribution in [0.3, 0.4) is 0 Å². The van der Waals surface area contributed by atoms with Crippen LogP contribution in [0.2, 0.25) is 0 Å². The topological polar surface area (TPSA) is 32.8 Å². The summed E-state index contributed by atoms with van der Waals surface area (Å²) < 4.78 is 5.68. The minimum atomic E-state index is -0.361. The second-order valence-corrected chi connectivity index (χ2v) is 6.69. The molecule has 1 heterocycles. The summed E-state index contributed by atoms with van der Waals surface area (Å²) in [6.45, 7) is 6.29. The van der Waals surface area contributed by atoms with Crippen molar-refractivity contribution in [2.45, 2.75) is 33.0 Å². The third-order valence-electron chi connectivity index (χ3n) is 3.84. The lowest BCUT2D eigenvalue weighted by Crippen LogP contribution is -2.33. The van der Waals surface area contributed by atoms with Gasteiger partial charge < -0.3 is 4.74 Å². The maximum atomic E-state index is 13.0. The van der Waals surface area contributed by atoms with E-state index in [2.05, 4.69) is 20.8 Å². The molecule has 0 N–H and O–H groups in total. The van der Waals surface area contributed by atoms with Crippen LogP contribution in [-0.2, 0) is 9.53 Å². The Morgan fingerprint density at radius 1 is 0.909 bits per heavy atom. The van der Waals surface area contributed by atoms with Gasteiger partial charge in [-0.3, -0.25) is 9.69 Å². The largest absolute Gasteiger partial charge is 0.359 e. The Balaban J connectivity index is 1.92. The van der Waals surface area contributed by atoms with Crippen molar-refractivity contribution in [2.24, 2.45) is 5.41 Å². The molecule has 2 aromatic carbocycles. The van der Waals surface area contributed by atoms with Gasteiger partial charge in [-0.2, -0.15) is 0 Å². The van der Waals surface area contributed by atoms with Crippen molar-refractivity contribution in [2.75, 3.05) is 4.90 Å². The van der Waals surface area contributed by atoms with Gasteiger partial charge in [-0.05, 0) is 29.7 Å². The number of ether oxygens (including phenoxy) is 1. The molecule has 114 valence electrons. The van der Waals surface area contributed by atoms with Gasteiger partial charge in [0.1, 0.15) is 0 Å². The number of benzene rings is 2. The molecule has 0 saturated carbocycles. The third-order valence-corrected chi connectivity index (χ3v) is 3.84. The molecule has 0 unspecified atom stereocenters. The van der Waals surface area contributed by atoms with Crippen LogP contribution < -0.4 is 4.90 Å². The van der Waals surface area contributed by atoms with Crippen molar-refractivity contribution in [3.8, 4) is 0 Å². The number of hydrogen-bond donors (Lipinski definition) is 0. The van der Waals surface area contributed by atoms with Gasteiger partial charge in [0.15, 0.2) is 6.10 Å². The zero-order chi connectivity index (χ0) is 15.7. The number of rotatable bonds is 3. The van der Waals surface area contributed by atoms with E-state index in [0.29, 0.717) is 0 Å². The summed E-state index contributed by atoms with van der Waals surface area (Å²) in [7, 11) is 0. The van der Waals surface area contributed by atoms with Gasteiger partial charge in [-0.25, -0.2) is 0 Å². The zero-order valence-electron chi connectivity index (χ0n) is 13.2. The maximum absolute atomic E-state index is 13.0. The molecule has 2 aromatic rings. The second kappa shape index (κ2) is 5.58. The van der Waals surface area contributed by atoms with Crippen LogP contribution in [0.4, 0.5) is 11.4 Å². The highest BCUT2D eigenvalue weighted by molar-refractivity contribution is 6.04. The molecule has 2 atom stereocenters. The number of hydrogen-bond acceptors (Lipinski definition) is 2. The van der Waals surface area contributed by atoms with Gasteiger partial charge in [-0.1, -0.05) is 57.2 Å². The molecule has 0 radical (unpaired) electrons. The fourth-order valence-electron chi connectivity index (χ4n) is 2.64. The van der Waals surface area contributed by atoms with E-state index >= 15 is 0 Å². The molecule has 3 rings (SSSR count). The molecule has 1 amide bonds. The number of epoxide rings is 1. The minimum Gasteiger partial charge on any atom is -0.359 e. The minimum absolute atomic E-state index is 0.00248. The van der Waals surface area contributed by atoms with Crippen LogP contribution in [-0.4, -0.2) is 18.1 Å². The predicted octanol–water partition coefficient (Wildman–Crippen LogP) is 4.16. The summed E-state index contributed by atoms with van der Waals surface area (Å²) in [5.41, 5.74) is 1.70. The van der Waals surface area contributed by atoms with E-state index in [-0.39, 0.29) is 23.5 Å². The normalized spacial score (nSPS) is 20.5. The fourth-order valence-corrected chi connectivity index (χ4v) is 2.64. The van der Waals surface area contributed by atoms with Gasteiger partial charge in [0, 0.05) is 11.4 Å². The summed E-state index contributed by atoms with van der Waals surface area (Å²) in [4.78, 5) is 14.7. The van der Waals surface area contributed by atoms with Crippen LogP contribution in [0.15, 0.2) is 60.7 Å². The van der Waals surface area contributed by atoms with Gasteiger partial charge >= 0.3 is 0 Å². The molecule has 0 spiro atoms. The Hall–Kier alpha value is -2.13. The van der Waals surface area contributed by atoms with Gasteiger partial charge in [-0.15, -0.1) is 0 Å². The molecule has 1 fully saturated rings. The third kappa shape index (κ3) is 2.90. The predicted molar refractivity (Wildman–Crippen MR) is 88.1 cm³/mol. The van der Waals surface area contributed by atoms with Crippen molar-refractivity contribution in [1.82, 2.24) is 0 Å². The van der Waals surface area contributed by atoms with Gasteiger partial charge in [0.05, 0.1) is 6.10 Å². The molecule has 3 nitrogen and oxygen atoms in total. The van der Waals surface area contributed by atoms with Crippen molar-refractivity contribution in [1.29, 1.82) is 0 Å². The molecule has 1 aliphatic heterocycles. The highest BCUT2D eigenvalue weighted by atomic mass is 16.6. The first-order chi connectivity index (χ1) is 10.5. The lowest BCUT2D eigenvalue weighted by Gasteiger charge is -2.23. The average Bonchev–Trinajstić information content (AvgIpc) is 3.30. The molecule has 3 heteroatoms. The molecule has 0 aliphatic carbocycles. The number of carbonyl (C=O) groups excluding carboxylic acids is 1. The van der Waals surface area contributed by atoms with E-state index in [1.54, 1.807) is 4.90 Å². The van der Waals surface area contributed by atoms with E-state index in [0.717, 1.165) is 11.4 Å². The Morgan fingerprint density at radius 2 is 1.36 bits per heavy atom. The van der Waals surface area contributed by atoms with E-state index in [1.807, 2.05) is 60.7 Å². The monoisotopic (exact) mass is 295 g/mol. The maximum Gasteiger partial charge on any atom is 0.263 e. The van der Waals surface area contributed by atoms with E-state index < -0.39 is 0 Å². The lowest BCUT2D eigenvalue weighted by molar-refractivity contribution is -0.119. The molecule has 0 aromatic heterocycles. The number of carbonyl (C=O) groups is 1. The molecular weight excluding hydrogens is 274 g/mol. The van der Waals surface area contributed by atoms with E-state index in [4.69, 9.17) is 4.74 Å². The highest BCUT2D eigenvalue weighted by Crippen LogP contribution is 2.40. The summed E-state index contributed by atoms with van der Waals surface area (Å²) in [6, 6.07) is 19.4. The van der Waals surface area contributed by atoms with E-state index in [9.17, 15) is 4.79 Å². The van der Waals surface area contributed by atoms with Crippen molar-refractivity contribution < 1.29 is 9.53 Å². The Bertz CT molecular complexity index is 607. The smallest absolute Gasteiger partial charge is 0.263 e. The van der Waals surface area contributed by atoms with Crippen molar-refractivity contribution >= 4 is 17.3 Å². The van der Waals surface area contributed by atoms with E-state index in [1.165, 1.54) is 0 Å². The van der Waals surface area contributed by atoms with Gasteiger partial charge in [0.25, 0.3) is 5.91 Å². The molecule has 0 bridgehead atoms. The van der Waals surface area contributed by atoms with Crippen molar-refractivity contribution in [3.63, 3.8) is 0 Å². The lowest BCUT2D eigenvalue weighted by atomic mass is 9.90. The van der Waals surface area contributed by atoms with Crippen LogP contribution in [0.5, 0.6) is 0 Å². The highest BCUT2D eigenvalue weighted by Gasteiger charge is 2.53. The Morgan fingerprint density at radius 3 is 1.73 bits per heavy atom. The number of anilines is 2. The number of para-hydroxylation sites is 2. The number of amides is 1. The second-order valence-electron chi connectivity index (χ2n) is 6.69. The molecule has 1 aliphatic rings.